The molecule has 0 aliphatic rings. The largest absolute Gasteiger partial charge is 0.349 e. The highest BCUT2D eigenvalue weighted by molar-refractivity contribution is 5.84. The van der Waals surface area contributed by atoms with Crippen LogP contribution in [0.2, 0.25) is 0 Å². The highest BCUT2D eigenvalue weighted by Crippen LogP contribution is 2.18. The second kappa shape index (κ2) is 7.04. The van der Waals surface area contributed by atoms with Gasteiger partial charge in [0.1, 0.15) is 0 Å². The van der Waals surface area contributed by atoms with Crippen molar-refractivity contribution < 1.29 is 4.79 Å². The summed E-state index contributed by atoms with van der Waals surface area (Å²) in [6.07, 6.45) is 0. The summed E-state index contributed by atoms with van der Waals surface area (Å²) >= 11 is 0. The summed E-state index contributed by atoms with van der Waals surface area (Å²) in [5, 5.41) is 3.05. The second-order valence-electron chi connectivity index (χ2n) is 5.34. The first-order chi connectivity index (χ1) is 10.1. The normalized spacial score (nSPS) is 13.5. The van der Waals surface area contributed by atoms with Crippen LogP contribution in [-0.2, 0) is 4.79 Å². The van der Waals surface area contributed by atoms with E-state index in [1.807, 2.05) is 62.4 Å². The van der Waals surface area contributed by atoms with E-state index in [-0.39, 0.29) is 17.9 Å². The Labute approximate surface area is 126 Å². The number of nitrogens with two attached hydrogens (primary N) is 1. The van der Waals surface area contributed by atoms with Gasteiger partial charge in [0.05, 0.1) is 12.0 Å². The van der Waals surface area contributed by atoms with Crippen molar-refractivity contribution in [2.24, 2.45) is 5.73 Å². The first-order valence-corrected chi connectivity index (χ1v) is 7.23. The minimum atomic E-state index is -0.307. The van der Waals surface area contributed by atoms with Crippen molar-refractivity contribution in [2.75, 3.05) is 6.54 Å². The summed E-state index contributed by atoms with van der Waals surface area (Å²) in [6, 6.07) is 17.8. The van der Waals surface area contributed by atoms with Gasteiger partial charge in [0.15, 0.2) is 0 Å². The number of benzene rings is 2. The number of aryl methyl sites for hydroxylation is 1. The molecule has 3 heteroatoms. The molecule has 110 valence electrons. The summed E-state index contributed by atoms with van der Waals surface area (Å²) in [7, 11) is 0. The monoisotopic (exact) mass is 282 g/mol. The van der Waals surface area contributed by atoms with Crippen LogP contribution in [0.25, 0.3) is 0 Å². The number of rotatable bonds is 5. The average Bonchev–Trinajstić information content (AvgIpc) is 2.49. The van der Waals surface area contributed by atoms with Crippen molar-refractivity contribution in [2.45, 2.75) is 25.8 Å². The maximum absolute atomic E-state index is 12.5. The van der Waals surface area contributed by atoms with Crippen molar-refractivity contribution >= 4 is 5.91 Å². The van der Waals surface area contributed by atoms with Crippen molar-refractivity contribution in [3.63, 3.8) is 0 Å². The van der Waals surface area contributed by atoms with E-state index in [0.29, 0.717) is 6.54 Å². The summed E-state index contributed by atoms with van der Waals surface area (Å²) in [6.45, 7) is 4.34. The van der Waals surface area contributed by atoms with E-state index >= 15 is 0 Å². The molecule has 2 aromatic carbocycles. The highest BCUT2D eigenvalue weighted by atomic mass is 16.1. The minimum absolute atomic E-state index is 0.0299. The van der Waals surface area contributed by atoms with Gasteiger partial charge in [-0.2, -0.15) is 0 Å². The lowest BCUT2D eigenvalue weighted by atomic mass is 9.97. The van der Waals surface area contributed by atoms with Crippen LogP contribution in [0.5, 0.6) is 0 Å². The molecule has 0 saturated carbocycles. The van der Waals surface area contributed by atoms with E-state index < -0.39 is 0 Å². The summed E-state index contributed by atoms with van der Waals surface area (Å²) in [5.41, 5.74) is 9.03. The van der Waals surface area contributed by atoms with Gasteiger partial charge in [0, 0.05) is 6.54 Å². The molecule has 2 aromatic rings. The third-order valence-electron chi connectivity index (χ3n) is 3.66. The van der Waals surface area contributed by atoms with Crippen LogP contribution < -0.4 is 11.1 Å². The van der Waals surface area contributed by atoms with Crippen LogP contribution in [0, 0.1) is 6.92 Å². The number of carbonyl (C=O) groups is 1. The van der Waals surface area contributed by atoms with E-state index in [1.54, 1.807) is 0 Å². The molecule has 21 heavy (non-hydrogen) atoms. The van der Waals surface area contributed by atoms with Gasteiger partial charge in [-0.15, -0.1) is 0 Å². The van der Waals surface area contributed by atoms with E-state index in [1.165, 1.54) is 5.56 Å². The molecule has 0 fully saturated rings. The molecule has 1 amide bonds. The summed E-state index contributed by atoms with van der Waals surface area (Å²) < 4.78 is 0. The van der Waals surface area contributed by atoms with Gasteiger partial charge in [0.25, 0.3) is 0 Å². The van der Waals surface area contributed by atoms with Gasteiger partial charge in [-0.3, -0.25) is 4.79 Å². The molecule has 3 N–H and O–H groups in total. The first-order valence-electron chi connectivity index (χ1n) is 7.23. The maximum atomic E-state index is 12.5. The standard InChI is InChI=1S/C18H22N2O/c1-13-7-6-10-16(11-13)14(2)20-18(21)17(12-19)15-8-4-3-5-9-15/h3-11,14,17H,12,19H2,1-2H3,(H,20,21)/t14-,17?/m1/s1. The molecule has 3 nitrogen and oxygen atoms in total. The smallest absolute Gasteiger partial charge is 0.229 e. The van der Waals surface area contributed by atoms with Gasteiger partial charge in [0.2, 0.25) is 5.91 Å². The van der Waals surface area contributed by atoms with Gasteiger partial charge in [-0.25, -0.2) is 0 Å². The number of carbonyl (C=O) groups excluding carboxylic acids is 1. The van der Waals surface area contributed by atoms with Crippen LogP contribution in [0.3, 0.4) is 0 Å². The molecular weight excluding hydrogens is 260 g/mol. The predicted molar refractivity (Wildman–Crippen MR) is 86.0 cm³/mol. The Hall–Kier alpha value is -2.13. The Kier molecular flexibility index (Phi) is 5.12. The number of hydrogen-bond donors (Lipinski definition) is 2. The van der Waals surface area contributed by atoms with E-state index in [9.17, 15) is 4.79 Å². The van der Waals surface area contributed by atoms with Crippen molar-refractivity contribution in [3.8, 4) is 0 Å². The molecule has 0 bridgehead atoms. The Morgan fingerprint density at radius 3 is 2.38 bits per heavy atom. The average molecular weight is 282 g/mol. The maximum Gasteiger partial charge on any atom is 0.229 e. The first kappa shape index (κ1) is 15.3. The zero-order valence-electron chi connectivity index (χ0n) is 12.5. The fourth-order valence-electron chi connectivity index (χ4n) is 2.42. The predicted octanol–water partition coefficient (Wildman–Crippen LogP) is 2.91. The van der Waals surface area contributed by atoms with Crippen molar-refractivity contribution in [1.29, 1.82) is 0 Å². The van der Waals surface area contributed by atoms with E-state index in [4.69, 9.17) is 5.73 Å². The molecule has 0 radical (unpaired) electrons. The number of amides is 1. The van der Waals surface area contributed by atoms with Crippen LogP contribution in [0.15, 0.2) is 54.6 Å². The van der Waals surface area contributed by atoms with Gasteiger partial charge >= 0.3 is 0 Å². The molecule has 0 spiro atoms. The van der Waals surface area contributed by atoms with Crippen LogP contribution in [0.1, 0.15) is 35.6 Å². The van der Waals surface area contributed by atoms with Crippen LogP contribution >= 0.6 is 0 Å². The zero-order valence-corrected chi connectivity index (χ0v) is 12.5. The molecule has 2 atom stereocenters. The van der Waals surface area contributed by atoms with Crippen LogP contribution in [0.4, 0.5) is 0 Å². The quantitative estimate of drug-likeness (QED) is 0.886. The minimum Gasteiger partial charge on any atom is -0.349 e. The lowest BCUT2D eigenvalue weighted by Gasteiger charge is -2.20. The second-order valence-corrected chi connectivity index (χ2v) is 5.34. The fourth-order valence-corrected chi connectivity index (χ4v) is 2.42. The number of nitrogens with one attached hydrogen (secondary N) is 1. The zero-order chi connectivity index (χ0) is 15.2. The van der Waals surface area contributed by atoms with E-state index in [2.05, 4.69) is 11.4 Å². The Bertz CT molecular complexity index is 595. The van der Waals surface area contributed by atoms with Gasteiger partial charge < -0.3 is 11.1 Å². The Morgan fingerprint density at radius 1 is 1.10 bits per heavy atom. The summed E-state index contributed by atoms with van der Waals surface area (Å²) in [5.74, 6) is -0.337. The topological polar surface area (TPSA) is 55.1 Å². The highest BCUT2D eigenvalue weighted by Gasteiger charge is 2.20. The molecule has 1 unspecified atom stereocenters. The SMILES string of the molecule is Cc1cccc([C@@H](C)NC(=O)C(CN)c2ccccc2)c1. The fraction of sp³-hybridized carbons (Fsp3) is 0.278. The third kappa shape index (κ3) is 3.92. The molecule has 0 saturated heterocycles. The Balaban J connectivity index is 2.09. The van der Waals surface area contributed by atoms with Gasteiger partial charge in [-0.1, -0.05) is 60.2 Å². The van der Waals surface area contributed by atoms with Crippen molar-refractivity contribution in [1.82, 2.24) is 5.32 Å². The molecule has 2 rings (SSSR count). The van der Waals surface area contributed by atoms with Crippen LogP contribution in [-0.4, -0.2) is 12.5 Å². The number of hydrogen-bond acceptors (Lipinski definition) is 2. The molecular formula is C18H22N2O. The molecule has 0 aliphatic carbocycles. The molecule has 0 aromatic heterocycles. The van der Waals surface area contributed by atoms with Gasteiger partial charge in [-0.05, 0) is 25.0 Å². The lowest BCUT2D eigenvalue weighted by molar-refractivity contribution is -0.123. The summed E-state index contributed by atoms with van der Waals surface area (Å²) in [4.78, 5) is 12.5. The molecule has 0 aliphatic heterocycles. The van der Waals surface area contributed by atoms with E-state index in [0.717, 1.165) is 11.1 Å². The van der Waals surface area contributed by atoms with Crippen molar-refractivity contribution in [3.05, 3.63) is 71.3 Å². The third-order valence-corrected chi connectivity index (χ3v) is 3.66. The molecule has 0 heterocycles. The lowest BCUT2D eigenvalue weighted by Crippen LogP contribution is -2.35. The Morgan fingerprint density at radius 2 is 1.76 bits per heavy atom.